The molecular formula is C18H24F2IN3OS. The molecule has 0 saturated carbocycles. The lowest BCUT2D eigenvalue weighted by atomic mass is 10.00. The van der Waals surface area contributed by atoms with Crippen molar-refractivity contribution in [3.8, 4) is 0 Å². The summed E-state index contributed by atoms with van der Waals surface area (Å²) in [7, 11) is 0. The first-order chi connectivity index (χ1) is 11.9. The van der Waals surface area contributed by atoms with Gasteiger partial charge in [-0.05, 0) is 66.4 Å². The van der Waals surface area contributed by atoms with Crippen molar-refractivity contribution < 1.29 is 13.9 Å². The highest BCUT2D eigenvalue weighted by Crippen LogP contribution is 2.23. The summed E-state index contributed by atoms with van der Waals surface area (Å²) in [5.41, 5.74) is 0.0735. The lowest BCUT2D eigenvalue weighted by Crippen LogP contribution is -2.39. The maximum absolute atomic E-state index is 13.6. The highest BCUT2D eigenvalue weighted by atomic mass is 127. The van der Waals surface area contributed by atoms with Gasteiger partial charge < -0.3 is 15.7 Å². The number of halogens is 3. The Labute approximate surface area is 173 Å². The standard InChI is InChI=1S/C18H23F2N3OS.HI/c1-3-21-17(23-12-18(2,24)14-7-9-25-11-14)22-8-6-13-10-15(19)4-5-16(13)20;/h4-5,7,9-11,24H,3,6,8,12H2,1-2H3,(H2,21,22,23);1H. The summed E-state index contributed by atoms with van der Waals surface area (Å²) in [5.74, 6) is -0.357. The van der Waals surface area contributed by atoms with Crippen LogP contribution in [0.4, 0.5) is 8.78 Å². The molecule has 2 rings (SSSR count). The largest absolute Gasteiger partial charge is 0.383 e. The second-order valence-electron chi connectivity index (χ2n) is 5.89. The molecule has 8 heteroatoms. The van der Waals surface area contributed by atoms with Crippen LogP contribution in [0, 0.1) is 11.6 Å². The van der Waals surface area contributed by atoms with Gasteiger partial charge in [0.1, 0.15) is 17.2 Å². The second kappa shape index (κ2) is 10.8. The van der Waals surface area contributed by atoms with Crippen molar-refractivity contribution in [2.24, 2.45) is 4.99 Å². The fourth-order valence-electron chi connectivity index (χ4n) is 2.29. The molecule has 0 saturated heterocycles. The van der Waals surface area contributed by atoms with Crippen LogP contribution in [0.1, 0.15) is 25.0 Å². The minimum absolute atomic E-state index is 0. The van der Waals surface area contributed by atoms with Crippen molar-refractivity contribution in [2.45, 2.75) is 25.9 Å². The molecule has 3 N–H and O–H groups in total. The van der Waals surface area contributed by atoms with Crippen LogP contribution in [-0.2, 0) is 12.0 Å². The fraction of sp³-hybridized carbons (Fsp3) is 0.389. The molecule has 2 aromatic rings. The van der Waals surface area contributed by atoms with Crippen LogP contribution in [0.5, 0.6) is 0 Å². The highest BCUT2D eigenvalue weighted by molar-refractivity contribution is 14.0. The normalized spacial score (nSPS) is 13.7. The number of rotatable bonds is 7. The van der Waals surface area contributed by atoms with Crippen LogP contribution in [0.15, 0.2) is 40.0 Å². The Kier molecular flexibility index (Phi) is 9.45. The van der Waals surface area contributed by atoms with Crippen LogP contribution in [0.25, 0.3) is 0 Å². The van der Waals surface area contributed by atoms with Gasteiger partial charge in [0.15, 0.2) is 5.96 Å². The van der Waals surface area contributed by atoms with E-state index in [9.17, 15) is 13.9 Å². The van der Waals surface area contributed by atoms with Crippen molar-refractivity contribution in [3.05, 3.63) is 57.8 Å². The third-order valence-corrected chi connectivity index (χ3v) is 4.41. The molecule has 1 heterocycles. The molecule has 0 aliphatic rings. The molecule has 1 unspecified atom stereocenters. The fourth-order valence-corrected chi connectivity index (χ4v) is 3.07. The highest BCUT2D eigenvalue weighted by Gasteiger charge is 2.23. The molecule has 26 heavy (non-hydrogen) atoms. The number of nitrogens with zero attached hydrogens (tertiary/aromatic N) is 1. The summed E-state index contributed by atoms with van der Waals surface area (Å²) in [6, 6.07) is 5.29. The number of aliphatic hydroxyl groups is 1. The van der Waals surface area contributed by atoms with Crippen LogP contribution < -0.4 is 10.6 Å². The molecule has 0 amide bonds. The van der Waals surface area contributed by atoms with E-state index in [0.717, 1.165) is 17.7 Å². The molecule has 1 aromatic heterocycles. The Hall–Kier alpha value is -1.26. The zero-order valence-corrected chi connectivity index (χ0v) is 17.9. The van der Waals surface area contributed by atoms with Crippen molar-refractivity contribution in [3.63, 3.8) is 0 Å². The Morgan fingerprint density at radius 3 is 2.69 bits per heavy atom. The van der Waals surface area contributed by atoms with Crippen LogP contribution >= 0.6 is 35.3 Å². The number of aliphatic imine (C=N–C) groups is 1. The summed E-state index contributed by atoms with van der Waals surface area (Å²) in [6.45, 7) is 4.88. The van der Waals surface area contributed by atoms with Crippen molar-refractivity contribution in [2.75, 3.05) is 19.6 Å². The second-order valence-corrected chi connectivity index (χ2v) is 6.67. The van der Waals surface area contributed by atoms with Crippen LogP contribution in [0.3, 0.4) is 0 Å². The summed E-state index contributed by atoms with van der Waals surface area (Å²) >= 11 is 1.52. The molecular weight excluding hydrogens is 471 g/mol. The molecule has 144 valence electrons. The average molecular weight is 495 g/mol. The Morgan fingerprint density at radius 1 is 1.27 bits per heavy atom. The summed E-state index contributed by atoms with van der Waals surface area (Å²) < 4.78 is 26.8. The van der Waals surface area contributed by atoms with Crippen molar-refractivity contribution in [1.82, 2.24) is 10.6 Å². The van der Waals surface area contributed by atoms with E-state index >= 15 is 0 Å². The average Bonchev–Trinajstić information content (AvgIpc) is 3.11. The van der Waals surface area contributed by atoms with Gasteiger partial charge in [0.2, 0.25) is 0 Å². The van der Waals surface area contributed by atoms with Gasteiger partial charge in [-0.2, -0.15) is 11.3 Å². The first kappa shape index (κ1) is 22.8. The van der Waals surface area contributed by atoms with E-state index in [0.29, 0.717) is 31.0 Å². The molecule has 4 nitrogen and oxygen atoms in total. The Bertz CT molecular complexity index is 708. The van der Waals surface area contributed by atoms with Gasteiger partial charge in [-0.3, -0.25) is 0 Å². The molecule has 0 bridgehead atoms. The zero-order chi connectivity index (χ0) is 18.3. The van der Waals surface area contributed by atoms with E-state index < -0.39 is 17.2 Å². The smallest absolute Gasteiger partial charge is 0.191 e. The van der Waals surface area contributed by atoms with E-state index in [4.69, 9.17) is 0 Å². The van der Waals surface area contributed by atoms with E-state index in [1.807, 2.05) is 23.8 Å². The maximum Gasteiger partial charge on any atom is 0.191 e. The number of thiophene rings is 1. The van der Waals surface area contributed by atoms with Crippen LogP contribution in [0.2, 0.25) is 0 Å². The van der Waals surface area contributed by atoms with Crippen LogP contribution in [-0.4, -0.2) is 30.7 Å². The number of guanidine groups is 1. The van der Waals surface area contributed by atoms with E-state index in [2.05, 4.69) is 15.6 Å². The third-order valence-electron chi connectivity index (χ3n) is 3.73. The number of nitrogens with one attached hydrogen (secondary N) is 2. The van der Waals surface area contributed by atoms with Gasteiger partial charge in [0, 0.05) is 13.1 Å². The van der Waals surface area contributed by atoms with Gasteiger partial charge in [0.25, 0.3) is 0 Å². The minimum Gasteiger partial charge on any atom is -0.383 e. The predicted octanol–water partition coefficient (Wildman–Crippen LogP) is 3.65. The SMILES string of the molecule is CCNC(=NCC(C)(O)c1ccsc1)NCCc1cc(F)ccc1F.I. The number of hydrogen-bond acceptors (Lipinski definition) is 3. The van der Waals surface area contributed by atoms with E-state index in [-0.39, 0.29) is 30.5 Å². The lowest BCUT2D eigenvalue weighted by molar-refractivity contribution is 0.0677. The van der Waals surface area contributed by atoms with Crippen molar-refractivity contribution in [1.29, 1.82) is 0 Å². The topological polar surface area (TPSA) is 56.7 Å². The predicted molar refractivity (Wildman–Crippen MR) is 113 cm³/mol. The molecule has 1 atom stereocenters. The molecule has 1 aromatic carbocycles. The Balaban J connectivity index is 0.00000338. The lowest BCUT2D eigenvalue weighted by Gasteiger charge is -2.21. The minimum atomic E-state index is -1.06. The Morgan fingerprint density at radius 2 is 2.04 bits per heavy atom. The monoisotopic (exact) mass is 495 g/mol. The van der Waals surface area contributed by atoms with E-state index in [1.165, 1.54) is 17.4 Å². The first-order valence-corrected chi connectivity index (χ1v) is 9.08. The zero-order valence-electron chi connectivity index (χ0n) is 14.8. The quantitative estimate of drug-likeness (QED) is 0.313. The molecule has 0 fully saturated rings. The molecule has 0 radical (unpaired) electrons. The first-order valence-electron chi connectivity index (χ1n) is 8.13. The summed E-state index contributed by atoms with van der Waals surface area (Å²) in [4.78, 5) is 4.39. The van der Waals surface area contributed by atoms with Gasteiger partial charge in [-0.25, -0.2) is 13.8 Å². The maximum atomic E-state index is 13.6. The number of hydrogen-bond donors (Lipinski definition) is 3. The summed E-state index contributed by atoms with van der Waals surface area (Å²) in [6.07, 6.45) is 0.328. The van der Waals surface area contributed by atoms with Crippen molar-refractivity contribution >= 4 is 41.3 Å². The third kappa shape index (κ3) is 6.81. The van der Waals surface area contributed by atoms with Gasteiger partial charge >= 0.3 is 0 Å². The summed E-state index contributed by atoms with van der Waals surface area (Å²) in [5, 5.41) is 20.5. The molecule has 0 spiro atoms. The van der Waals surface area contributed by atoms with Gasteiger partial charge in [-0.1, -0.05) is 0 Å². The van der Waals surface area contributed by atoms with Gasteiger partial charge in [0.05, 0.1) is 6.54 Å². The number of benzene rings is 1. The van der Waals surface area contributed by atoms with Gasteiger partial charge in [-0.15, -0.1) is 24.0 Å². The molecule has 0 aliphatic heterocycles. The molecule has 0 aliphatic carbocycles. The van der Waals surface area contributed by atoms with E-state index in [1.54, 1.807) is 6.92 Å².